The summed E-state index contributed by atoms with van der Waals surface area (Å²) in [7, 11) is 0. The number of pyridine rings is 1. The molecular weight excluding hydrogens is 466 g/mol. The fourth-order valence-electron chi connectivity index (χ4n) is 3.46. The number of hydrogen-bond donors (Lipinski definition) is 3. The Labute approximate surface area is 205 Å². The number of hydrogen-bond acceptors (Lipinski definition) is 5. The molecule has 3 aromatic carbocycles. The Hall–Kier alpha value is -4.79. The molecule has 0 saturated carbocycles. The van der Waals surface area contributed by atoms with Crippen LogP contribution in [0.25, 0.3) is 0 Å². The molecule has 2 amide bonds. The van der Waals surface area contributed by atoms with E-state index in [1.54, 1.807) is 12.1 Å². The number of aromatic nitrogens is 1. The van der Waals surface area contributed by atoms with Gasteiger partial charge in [0.1, 0.15) is 23.3 Å². The van der Waals surface area contributed by atoms with Crippen molar-refractivity contribution >= 4 is 23.3 Å². The number of halogens is 2. The molecule has 1 heterocycles. The van der Waals surface area contributed by atoms with Crippen molar-refractivity contribution in [2.45, 2.75) is 12.5 Å². The quantitative estimate of drug-likeness (QED) is 0.289. The average Bonchev–Trinajstić information content (AvgIpc) is 2.86. The van der Waals surface area contributed by atoms with E-state index in [0.717, 1.165) is 23.8 Å². The van der Waals surface area contributed by atoms with E-state index in [4.69, 9.17) is 10.5 Å². The third kappa shape index (κ3) is 6.20. The number of nitrogens with one attached hydrogen (secondary N) is 2. The molecular formula is C27H22F2N4O3. The summed E-state index contributed by atoms with van der Waals surface area (Å²) in [5.74, 6) is -3.70. The summed E-state index contributed by atoms with van der Waals surface area (Å²) in [4.78, 5) is 28.9. The van der Waals surface area contributed by atoms with Crippen molar-refractivity contribution in [1.82, 2.24) is 4.98 Å². The standard InChI is InChI=1S/C27H22F2N4O3/c28-19-7-9-20(10-8-19)33-27(35)25(26(30)34)18-6-11-23(22(29)14-18)36-21-12-13-31-24(15-21)32-16-17-4-2-1-3-5-17/h1-15,25H,16H2,(H2,30,34)(H,31,32)(H,33,35). The van der Waals surface area contributed by atoms with Crippen molar-refractivity contribution < 1.29 is 23.1 Å². The number of benzene rings is 3. The maximum absolute atomic E-state index is 14.9. The third-order valence-corrected chi connectivity index (χ3v) is 5.22. The van der Waals surface area contributed by atoms with E-state index in [2.05, 4.69) is 15.6 Å². The van der Waals surface area contributed by atoms with Gasteiger partial charge in [0, 0.05) is 24.5 Å². The Kier molecular flexibility index (Phi) is 7.50. The lowest BCUT2D eigenvalue weighted by Crippen LogP contribution is -2.32. The summed E-state index contributed by atoms with van der Waals surface area (Å²) in [5, 5.41) is 5.65. The van der Waals surface area contributed by atoms with Gasteiger partial charge in [-0.2, -0.15) is 0 Å². The fourth-order valence-corrected chi connectivity index (χ4v) is 3.46. The number of nitrogens with two attached hydrogens (primary N) is 1. The highest BCUT2D eigenvalue weighted by Crippen LogP contribution is 2.29. The monoisotopic (exact) mass is 488 g/mol. The Balaban J connectivity index is 1.46. The van der Waals surface area contributed by atoms with Crippen molar-refractivity contribution in [2.24, 2.45) is 5.73 Å². The molecule has 36 heavy (non-hydrogen) atoms. The highest BCUT2D eigenvalue weighted by Gasteiger charge is 2.27. The van der Waals surface area contributed by atoms with Gasteiger partial charge in [0.2, 0.25) is 11.8 Å². The molecule has 0 fully saturated rings. The maximum atomic E-state index is 14.9. The van der Waals surface area contributed by atoms with E-state index in [1.807, 2.05) is 30.3 Å². The van der Waals surface area contributed by atoms with Gasteiger partial charge in [0.05, 0.1) is 0 Å². The van der Waals surface area contributed by atoms with Gasteiger partial charge < -0.3 is 21.1 Å². The number of carbonyl (C=O) groups excluding carboxylic acids is 2. The predicted octanol–water partition coefficient (Wildman–Crippen LogP) is 4.97. The van der Waals surface area contributed by atoms with Crippen LogP contribution in [0.2, 0.25) is 0 Å². The van der Waals surface area contributed by atoms with Crippen LogP contribution in [0, 0.1) is 11.6 Å². The smallest absolute Gasteiger partial charge is 0.241 e. The first-order valence-corrected chi connectivity index (χ1v) is 11.0. The van der Waals surface area contributed by atoms with Gasteiger partial charge in [-0.25, -0.2) is 13.8 Å². The van der Waals surface area contributed by atoms with E-state index < -0.39 is 29.4 Å². The van der Waals surface area contributed by atoms with Crippen LogP contribution < -0.4 is 21.1 Å². The summed E-state index contributed by atoms with van der Waals surface area (Å²) in [6.45, 7) is 0.550. The second-order valence-corrected chi connectivity index (χ2v) is 7.84. The molecule has 0 spiro atoms. The van der Waals surface area contributed by atoms with Crippen LogP contribution in [0.1, 0.15) is 17.0 Å². The Bertz CT molecular complexity index is 1370. The minimum absolute atomic E-state index is 0.0481. The molecule has 4 N–H and O–H groups in total. The molecule has 4 rings (SSSR count). The number of nitrogens with zero attached hydrogens (tertiary/aromatic N) is 1. The second kappa shape index (κ2) is 11.1. The van der Waals surface area contributed by atoms with Gasteiger partial charge in [-0.3, -0.25) is 9.59 Å². The third-order valence-electron chi connectivity index (χ3n) is 5.22. The van der Waals surface area contributed by atoms with Gasteiger partial charge in [-0.05, 0) is 53.6 Å². The summed E-state index contributed by atoms with van der Waals surface area (Å²) < 4.78 is 33.6. The number of primary amides is 1. The van der Waals surface area contributed by atoms with E-state index in [1.165, 1.54) is 30.5 Å². The van der Waals surface area contributed by atoms with Crippen molar-refractivity contribution in [3.8, 4) is 11.5 Å². The second-order valence-electron chi connectivity index (χ2n) is 7.84. The lowest BCUT2D eigenvalue weighted by molar-refractivity contribution is -0.127. The zero-order chi connectivity index (χ0) is 25.5. The molecule has 0 bridgehead atoms. The summed E-state index contributed by atoms with van der Waals surface area (Å²) in [6, 6.07) is 21.6. The Morgan fingerprint density at radius 2 is 1.69 bits per heavy atom. The zero-order valence-corrected chi connectivity index (χ0v) is 18.9. The minimum atomic E-state index is -1.46. The summed E-state index contributed by atoms with van der Waals surface area (Å²) in [6.07, 6.45) is 1.53. The molecule has 0 aliphatic heterocycles. The van der Waals surface area contributed by atoms with Crippen LogP contribution in [-0.4, -0.2) is 16.8 Å². The number of amides is 2. The van der Waals surface area contributed by atoms with E-state index in [0.29, 0.717) is 18.1 Å². The molecule has 0 aliphatic carbocycles. The van der Waals surface area contributed by atoms with Gasteiger partial charge in [-0.15, -0.1) is 0 Å². The van der Waals surface area contributed by atoms with Crippen LogP contribution in [0.15, 0.2) is 91.1 Å². The molecule has 0 radical (unpaired) electrons. The number of ether oxygens (including phenoxy) is 1. The molecule has 1 atom stereocenters. The SMILES string of the molecule is NC(=O)C(C(=O)Nc1ccc(F)cc1)c1ccc(Oc2ccnc(NCc3ccccc3)c2)c(F)c1. The Morgan fingerprint density at radius 1 is 0.944 bits per heavy atom. The zero-order valence-electron chi connectivity index (χ0n) is 18.9. The first-order valence-electron chi connectivity index (χ1n) is 11.0. The molecule has 0 saturated heterocycles. The van der Waals surface area contributed by atoms with Crippen molar-refractivity contribution in [3.05, 3.63) is 114 Å². The highest BCUT2D eigenvalue weighted by molar-refractivity contribution is 6.10. The maximum Gasteiger partial charge on any atom is 0.241 e. The van der Waals surface area contributed by atoms with E-state index in [-0.39, 0.29) is 17.0 Å². The molecule has 4 aromatic rings. The predicted molar refractivity (Wildman–Crippen MR) is 131 cm³/mol. The summed E-state index contributed by atoms with van der Waals surface area (Å²) >= 11 is 0. The fraction of sp³-hybridized carbons (Fsp3) is 0.0741. The number of anilines is 2. The van der Waals surface area contributed by atoms with Gasteiger partial charge in [0.25, 0.3) is 0 Å². The van der Waals surface area contributed by atoms with Crippen molar-refractivity contribution in [3.63, 3.8) is 0 Å². The molecule has 1 aromatic heterocycles. The number of rotatable bonds is 9. The van der Waals surface area contributed by atoms with Crippen molar-refractivity contribution in [2.75, 3.05) is 10.6 Å². The summed E-state index contributed by atoms with van der Waals surface area (Å²) in [5.41, 5.74) is 6.80. The van der Waals surface area contributed by atoms with Gasteiger partial charge in [0.15, 0.2) is 11.6 Å². The first-order chi connectivity index (χ1) is 17.4. The largest absolute Gasteiger partial charge is 0.454 e. The van der Waals surface area contributed by atoms with Gasteiger partial charge in [-0.1, -0.05) is 36.4 Å². The van der Waals surface area contributed by atoms with Crippen LogP contribution in [0.3, 0.4) is 0 Å². The molecule has 9 heteroatoms. The minimum Gasteiger partial charge on any atom is -0.454 e. The highest BCUT2D eigenvalue weighted by atomic mass is 19.1. The van der Waals surface area contributed by atoms with E-state index in [9.17, 15) is 18.4 Å². The molecule has 182 valence electrons. The molecule has 0 aliphatic rings. The topological polar surface area (TPSA) is 106 Å². The van der Waals surface area contributed by atoms with Crippen LogP contribution in [-0.2, 0) is 16.1 Å². The molecule has 1 unspecified atom stereocenters. The van der Waals surface area contributed by atoms with Crippen LogP contribution in [0.5, 0.6) is 11.5 Å². The number of carbonyl (C=O) groups is 2. The van der Waals surface area contributed by atoms with Crippen LogP contribution in [0.4, 0.5) is 20.3 Å². The lowest BCUT2D eigenvalue weighted by Gasteiger charge is -2.15. The Morgan fingerprint density at radius 3 is 2.39 bits per heavy atom. The molecule has 7 nitrogen and oxygen atoms in total. The lowest BCUT2D eigenvalue weighted by atomic mass is 9.97. The normalized spacial score (nSPS) is 11.4. The van der Waals surface area contributed by atoms with Crippen LogP contribution >= 0.6 is 0 Å². The first kappa shape index (κ1) is 24.3. The average molecular weight is 488 g/mol. The van der Waals surface area contributed by atoms with Gasteiger partial charge >= 0.3 is 0 Å². The van der Waals surface area contributed by atoms with E-state index >= 15 is 0 Å². The van der Waals surface area contributed by atoms with Crippen molar-refractivity contribution in [1.29, 1.82) is 0 Å².